The highest BCUT2D eigenvalue weighted by molar-refractivity contribution is 5.88. The minimum Gasteiger partial charge on any atom is -0.461 e. The topological polar surface area (TPSA) is 72.8 Å². The van der Waals surface area contributed by atoms with Gasteiger partial charge in [-0.15, -0.1) is 0 Å². The van der Waals surface area contributed by atoms with Crippen molar-refractivity contribution in [2.24, 2.45) is 17.8 Å². The molecule has 2 fully saturated rings. The normalized spacial score (nSPS) is 24.5. The third-order valence-electron chi connectivity index (χ3n) is 9.50. The Kier molecular flexibility index (Phi) is 12.5. The molecule has 5 nitrogen and oxygen atoms in total. The molecule has 0 spiro atoms. The minimum atomic E-state index is -0.748. The minimum absolute atomic E-state index is 0.000369. The number of ether oxygens (including phenoxy) is 2. The fourth-order valence-electron chi connectivity index (χ4n) is 6.66. The molecule has 222 valence electrons. The van der Waals surface area contributed by atoms with Crippen LogP contribution in [0.5, 0.6) is 0 Å². The maximum Gasteiger partial charge on any atom is 0.335 e. The smallest absolute Gasteiger partial charge is 0.335 e. The van der Waals surface area contributed by atoms with Gasteiger partial charge in [0.25, 0.3) is 0 Å². The lowest BCUT2D eigenvalue weighted by Crippen LogP contribution is -2.36. The molecule has 5 heteroatoms. The van der Waals surface area contributed by atoms with Crippen LogP contribution in [0.15, 0.2) is 48.6 Å². The number of hydrogen-bond acceptors (Lipinski definition) is 5. The zero-order chi connectivity index (χ0) is 29.1. The van der Waals surface area contributed by atoms with E-state index in [1.54, 1.807) is 6.92 Å². The van der Waals surface area contributed by atoms with Gasteiger partial charge >= 0.3 is 11.9 Å². The maximum atomic E-state index is 12.2. The Balaban J connectivity index is 1.57. The first kappa shape index (κ1) is 32.1. The summed E-state index contributed by atoms with van der Waals surface area (Å²) in [5, 5.41) is 9.20. The number of carbonyl (C=O) groups is 2. The Labute approximate surface area is 242 Å². The van der Waals surface area contributed by atoms with Crippen molar-refractivity contribution in [3.8, 4) is 0 Å². The van der Waals surface area contributed by atoms with Gasteiger partial charge in [0.1, 0.15) is 13.2 Å². The molecule has 1 aromatic carbocycles. The number of esters is 2. The molecule has 1 N–H and O–H groups in total. The summed E-state index contributed by atoms with van der Waals surface area (Å²) < 4.78 is 10.9. The maximum absolute atomic E-state index is 12.2. The lowest BCUT2D eigenvalue weighted by Gasteiger charge is -2.38. The van der Waals surface area contributed by atoms with E-state index in [4.69, 9.17) is 9.47 Å². The number of aliphatic hydroxyl groups is 1. The zero-order valence-electron chi connectivity index (χ0n) is 25.2. The van der Waals surface area contributed by atoms with Crippen LogP contribution in [0.25, 0.3) is 0 Å². The van der Waals surface area contributed by atoms with Crippen LogP contribution in [0.2, 0.25) is 0 Å². The highest BCUT2D eigenvalue weighted by Crippen LogP contribution is 2.44. The van der Waals surface area contributed by atoms with Gasteiger partial charge in [0.05, 0.1) is 17.6 Å². The van der Waals surface area contributed by atoms with E-state index in [1.165, 1.54) is 82.6 Å². The molecule has 3 rings (SSSR count). The van der Waals surface area contributed by atoms with Crippen molar-refractivity contribution in [3.05, 3.63) is 59.7 Å². The van der Waals surface area contributed by atoms with Crippen LogP contribution in [0.1, 0.15) is 115 Å². The van der Waals surface area contributed by atoms with Crippen molar-refractivity contribution < 1.29 is 24.2 Å². The average Bonchev–Trinajstić information content (AvgIpc) is 2.98. The van der Waals surface area contributed by atoms with Crippen LogP contribution in [0.3, 0.4) is 0 Å². The Morgan fingerprint density at radius 1 is 0.875 bits per heavy atom. The number of benzene rings is 1. The summed E-state index contributed by atoms with van der Waals surface area (Å²) in [5.74, 6) is 2.24. The number of carbonyl (C=O) groups excluding carboxylic acids is 2. The second kappa shape index (κ2) is 15.6. The molecule has 0 bridgehead atoms. The molecule has 0 saturated heterocycles. The fraction of sp³-hybridized carbons (Fsp3) is 0.657. The highest BCUT2D eigenvalue weighted by Gasteiger charge is 2.33. The van der Waals surface area contributed by atoms with Gasteiger partial charge < -0.3 is 14.6 Å². The van der Waals surface area contributed by atoms with Crippen molar-refractivity contribution in [2.75, 3.05) is 19.8 Å². The SMILES string of the molecule is C=C(C)C(=O)OCC(C)(COC(=O)C(=C)CO)c1ccc(C2CCC(C3CCC(CCCCC)CC3)CC2)cc1. The van der Waals surface area contributed by atoms with Gasteiger partial charge in [0.2, 0.25) is 0 Å². The fourth-order valence-corrected chi connectivity index (χ4v) is 6.66. The highest BCUT2D eigenvalue weighted by atomic mass is 16.5. The van der Waals surface area contributed by atoms with Crippen molar-refractivity contribution in [1.82, 2.24) is 0 Å². The average molecular weight is 553 g/mol. The third kappa shape index (κ3) is 9.06. The molecule has 0 aliphatic heterocycles. The van der Waals surface area contributed by atoms with E-state index >= 15 is 0 Å². The standard InChI is InChI=1S/C35H52O5/c1-6-7-8-9-27-10-12-28(13-11-27)29-14-16-30(17-15-29)31-18-20-32(21-19-31)35(5,23-39-33(37)25(2)3)24-40-34(38)26(4)22-36/h18-21,27-30,36H,2,4,6-17,22-24H2,1,3,5H3. The van der Waals surface area contributed by atoms with E-state index in [-0.39, 0.29) is 18.8 Å². The van der Waals surface area contributed by atoms with Crippen LogP contribution >= 0.6 is 0 Å². The van der Waals surface area contributed by atoms with Gasteiger partial charge in [-0.3, -0.25) is 0 Å². The molecule has 0 amide bonds. The van der Waals surface area contributed by atoms with Gasteiger partial charge in [-0.1, -0.05) is 82.9 Å². The quantitative estimate of drug-likeness (QED) is 0.145. The van der Waals surface area contributed by atoms with Gasteiger partial charge in [0.15, 0.2) is 0 Å². The Morgan fingerprint density at radius 3 is 1.95 bits per heavy atom. The van der Waals surface area contributed by atoms with Crippen molar-refractivity contribution in [3.63, 3.8) is 0 Å². The Hall–Kier alpha value is -2.40. The summed E-state index contributed by atoms with van der Waals surface area (Å²) in [6.45, 7) is 12.6. The summed E-state index contributed by atoms with van der Waals surface area (Å²) in [5.41, 5.74) is 1.85. The zero-order valence-corrected chi connectivity index (χ0v) is 25.2. The van der Waals surface area contributed by atoms with E-state index in [0.29, 0.717) is 11.5 Å². The van der Waals surface area contributed by atoms with Gasteiger partial charge in [-0.2, -0.15) is 0 Å². The second-order valence-corrected chi connectivity index (χ2v) is 12.8. The number of unbranched alkanes of at least 4 members (excludes halogenated alkanes) is 2. The van der Waals surface area contributed by atoms with Crippen LogP contribution in [-0.2, 0) is 24.5 Å². The van der Waals surface area contributed by atoms with E-state index < -0.39 is 24.0 Å². The van der Waals surface area contributed by atoms with Gasteiger partial charge in [-0.05, 0) is 87.2 Å². The summed E-state index contributed by atoms with van der Waals surface area (Å²) in [6, 6.07) is 8.53. The predicted molar refractivity (Wildman–Crippen MR) is 161 cm³/mol. The molecule has 0 aromatic heterocycles. The molecule has 2 aliphatic rings. The third-order valence-corrected chi connectivity index (χ3v) is 9.50. The molecule has 2 saturated carbocycles. The van der Waals surface area contributed by atoms with Gasteiger partial charge in [-0.25, -0.2) is 9.59 Å². The number of hydrogen-bond donors (Lipinski definition) is 1. The second-order valence-electron chi connectivity index (χ2n) is 12.8. The van der Waals surface area contributed by atoms with E-state index in [0.717, 1.165) is 23.3 Å². The van der Waals surface area contributed by atoms with E-state index in [9.17, 15) is 14.7 Å². The summed E-state index contributed by atoms with van der Waals surface area (Å²) >= 11 is 0. The molecule has 1 aromatic rings. The number of rotatable bonds is 14. The van der Waals surface area contributed by atoms with E-state index in [1.807, 2.05) is 6.92 Å². The summed E-state index contributed by atoms with van der Waals surface area (Å²) in [6.07, 6.45) is 16.5. The first-order valence-corrected chi connectivity index (χ1v) is 15.6. The van der Waals surface area contributed by atoms with Crippen molar-refractivity contribution in [1.29, 1.82) is 0 Å². The lowest BCUT2D eigenvalue weighted by atomic mass is 9.68. The van der Waals surface area contributed by atoms with Crippen LogP contribution in [-0.4, -0.2) is 36.9 Å². The van der Waals surface area contributed by atoms with Crippen molar-refractivity contribution in [2.45, 2.75) is 109 Å². The van der Waals surface area contributed by atoms with Crippen LogP contribution in [0.4, 0.5) is 0 Å². The van der Waals surface area contributed by atoms with Crippen molar-refractivity contribution >= 4 is 11.9 Å². The molecule has 1 atom stereocenters. The monoisotopic (exact) mass is 552 g/mol. The molecule has 2 aliphatic carbocycles. The molecule has 0 heterocycles. The molecule has 1 unspecified atom stereocenters. The van der Waals surface area contributed by atoms with Gasteiger partial charge in [0, 0.05) is 5.57 Å². The Morgan fingerprint density at radius 2 is 1.43 bits per heavy atom. The molecular weight excluding hydrogens is 500 g/mol. The molecular formula is C35H52O5. The Bertz CT molecular complexity index is 980. The lowest BCUT2D eigenvalue weighted by molar-refractivity contribution is -0.145. The van der Waals surface area contributed by atoms with Crippen LogP contribution < -0.4 is 0 Å². The largest absolute Gasteiger partial charge is 0.461 e. The first-order valence-electron chi connectivity index (χ1n) is 15.6. The first-order chi connectivity index (χ1) is 19.2. The van der Waals surface area contributed by atoms with Crippen LogP contribution in [0, 0.1) is 17.8 Å². The van der Waals surface area contributed by atoms with E-state index in [2.05, 4.69) is 44.3 Å². The summed E-state index contributed by atoms with van der Waals surface area (Å²) in [7, 11) is 0. The predicted octanol–water partition coefficient (Wildman–Crippen LogP) is 7.82. The number of aliphatic hydroxyl groups excluding tert-OH is 1. The molecule has 40 heavy (non-hydrogen) atoms. The summed E-state index contributed by atoms with van der Waals surface area (Å²) in [4.78, 5) is 24.3. The molecule has 0 radical (unpaired) electrons.